The van der Waals surface area contributed by atoms with Gasteiger partial charge in [0.1, 0.15) is 11.6 Å². The van der Waals surface area contributed by atoms with Gasteiger partial charge in [-0.1, -0.05) is 0 Å². The molecule has 0 bridgehead atoms. The zero-order valence-corrected chi connectivity index (χ0v) is 7.27. The van der Waals surface area contributed by atoms with Gasteiger partial charge in [-0.3, -0.25) is 0 Å². The van der Waals surface area contributed by atoms with Crippen molar-refractivity contribution in [2.75, 3.05) is 12.1 Å². The lowest BCUT2D eigenvalue weighted by Crippen LogP contribution is -2.19. The maximum atomic E-state index is 12.6. The Morgan fingerprint density at radius 2 is 2.00 bits per heavy atom. The summed E-state index contributed by atoms with van der Waals surface area (Å²) in [6, 6.07) is 2.63. The molecule has 0 saturated carbocycles. The molecule has 0 aliphatic heterocycles. The van der Waals surface area contributed by atoms with Crippen molar-refractivity contribution in [1.29, 1.82) is 0 Å². The number of halogens is 4. The molecular formula is C8H6F4NO2-. The molecule has 1 rings (SSSR count). The van der Waals surface area contributed by atoms with Crippen molar-refractivity contribution in [2.45, 2.75) is 6.18 Å². The fourth-order valence-corrected chi connectivity index (χ4v) is 0.859. The summed E-state index contributed by atoms with van der Waals surface area (Å²) in [4.78, 5) is 0. The zero-order valence-electron chi connectivity index (χ0n) is 7.27. The van der Waals surface area contributed by atoms with E-state index < -0.39 is 24.3 Å². The van der Waals surface area contributed by atoms with Crippen LogP contribution in [-0.4, -0.2) is 12.8 Å². The molecule has 0 fully saturated rings. The summed E-state index contributed by atoms with van der Waals surface area (Å²) in [6.45, 7) is -1.58. The van der Waals surface area contributed by atoms with E-state index in [9.17, 15) is 22.8 Å². The van der Waals surface area contributed by atoms with Gasteiger partial charge < -0.3 is 15.4 Å². The third-order valence-electron chi connectivity index (χ3n) is 1.44. The highest BCUT2D eigenvalue weighted by molar-refractivity contribution is 5.56. The van der Waals surface area contributed by atoms with Crippen LogP contribution in [-0.2, 0) is 0 Å². The van der Waals surface area contributed by atoms with Gasteiger partial charge in [0.15, 0.2) is 6.61 Å². The van der Waals surface area contributed by atoms with Gasteiger partial charge in [0.2, 0.25) is 0 Å². The van der Waals surface area contributed by atoms with Crippen molar-refractivity contribution in [3.05, 3.63) is 29.2 Å². The summed E-state index contributed by atoms with van der Waals surface area (Å²) >= 11 is 0. The van der Waals surface area contributed by atoms with Crippen LogP contribution < -0.4 is 10.2 Å². The molecule has 0 spiro atoms. The zero-order chi connectivity index (χ0) is 11.5. The Bertz CT molecular complexity index is 340. The molecule has 0 aliphatic rings. The van der Waals surface area contributed by atoms with Crippen molar-refractivity contribution >= 4 is 5.69 Å². The van der Waals surface area contributed by atoms with E-state index in [4.69, 9.17) is 0 Å². The van der Waals surface area contributed by atoms with Gasteiger partial charge in [0, 0.05) is 6.07 Å². The first-order valence-electron chi connectivity index (χ1n) is 3.79. The first-order chi connectivity index (χ1) is 6.92. The Kier molecular flexibility index (Phi) is 3.35. The van der Waals surface area contributed by atoms with E-state index >= 15 is 0 Å². The third kappa shape index (κ3) is 3.62. The summed E-state index contributed by atoms with van der Waals surface area (Å²) in [5.41, 5.74) is 1.10. The quantitative estimate of drug-likeness (QED) is 0.634. The minimum atomic E-state index is -4.54. The molecule has 1 aromatic rings. The van der Waals surface area contributed by atoms with Gasteiger partial charge in [-0.05, 0) is 12.1 Å². The van der Waals surface area contributed by atoms with Crippen LogP contribution in [0.1, 0.15) is 0 Å². The first kappa shape index (κ1) is 11.6. The minimum absolute atomic E-state index is 0.249. The van der Waals surface area contributed by atoms with Crippen LogP contribution in [0.2, 0.25) is 0 Å². The summed E-state index contributed by atoms with van der Waals surface area (Å²) in [5, 5.41) is 10.3. The summed E-state index contributed by atoms with van der Waals surface area (Å²) in [6.07, 6.45) is -4.54. The first-order valence-corrected chi connectivity index (χ1v) is 3.79. The van der Waals surface area contributed by atoms with Gasteiger partial charge >= 0.3 is 6.18 Å². The molecule has 84 valence electrons. The lowest BCUT2D eigenvalue weighted by atomic mass is 10.3. The molecule has 0 atom stereocenters. The second kappa shape index (κ2) is 4.35. The Balaban J connectivity index is 2.79. The SMILES string of the molecule is [O-]Nc1ccc(F)cc1OCC(F)(F)F. The average Bonchev–Trinajstić information content (AvgIpc) is 2.14. The molecular weight excluding hydrogens is 218 g/mol. The molecule has 0 aromatic heterocycles. The van der Waals surface area contributed by atoms with E-state index in [1.165, 1.54) is 5.48 Å². The molecule has 0 amide bonds. The van der Waals surface area contributed by atoms with Gasteiger partial charge in [-0.2, -0.15) is 13.2 Å². The summed E-state index contributed by atoms with van der Waals surface area (Å²) < 4.78 is 52.1. The fraction of sp³-hybridized carbons (Fsp3) is 0.250. The molecule has 1 N–H and O–H groups in total. The van der Waals surface area contributed by atoms with Gasteiger partial charge in [0.25, 0.3) is 0 Å². The van der Waals surface area contributed by atoms with Crippen LogP contribution in [0.15, 0.2) is 18.2 Å². The van der Waals surface area contributed by atoms with Crippen molar-refractivity contribution in [3.63, 3.8) is 0 Å². The number of hydrogen-bond donors (Lipinski definition) is 1. The molecule has 1 aromatic carbocycles. The second-order valence-electron chi connectivity index (χ2n) is 2.65. The molecule has 0 unspecified atom stereocenters. The lowest BCUT2D eigenvalue weighted by Gasteiger charge is -2.16. The molecule has 0 aliphatic carbocycles. The van der Waals surface area contributed by atoms with Crippen molar-refractivity contribution in [2.24, 2.45) is 0 Å². The maximum absolute atomic E-state index is 12.6. The molecule has 0 saturated heterocycles. The van der Waals surface area contributed by atoms with Crippen LogP contribution >= 0.6 is 0 Å². The summed E-state index contributed by atoms with van der Waals surface area (Å²) in [5.74, 6) is -1.26. The number of alkyl halides is 3. The Hall–Kier alpha value is -1.50. The van der Waals surface area contributed by atoms with Crippen molar-refractivity contribution in [3.8, 4) is 5.75 Å². The van der Waals surface area contributed by atoms with E-state index in [0.717, 1.165) is 12.1 Å². The molecule has 7 heteroatoms. The predicted molar refractivity (Wildman–Crippen MR) is 44.9 cm³/mol. The molecule has 3 nitrogen and oxygen atoms in total. The monoisotopic (exact) mass is 224 g/mol. The Labute approximate surface area is 82.2 Å². The van der Waals surface area contributed by atoms with Crippen LogP contribution in [0.25, 0.3) is 0 Å². The van der Waals surface area contributed by atoms with Crippen LogP contribution in [0.3, 0.4) is 0 Å². The number of ether oxygens (including phenoxy) is 1. The fourth-order valence-electron chi connectivity index (χ4n) is 0.859. The Morgan fingerprint density at radius 1 is 1.33 bits per heavy atom. The largest absolute Gasteiger partial charge is 0.761 e. The predicted octanol–water partition coefficient (Wildman–Crippen LogP) is 2.68. The highest BCUT2D eigenvalue weighted by atomic mass is 19.4. The molecule has 15 heavy (non-hydrogen) atoms. The number of rotatable bonds is 3. The van der Waals surface area contributed by atoms with Crippen LogP contribution in [0, 0.1) is 11.0 Å². The van der Waals surface area contributed by atoms with Crippen LogP contribution in [0.4, 0.5) is 23.2 Å². The van der Waals surface area contributed by atoms with Gasteiger partial charge in [-0.25, -0.2) is 4.39 Å². The highest BCUT2D eigenvalue weighted by Crippen LogP contribution is 2.27. The standard InChI is InChI=1S/C8H6F4NO2/c9-5-1-2-6(13-14)7(3-5)15-4-8(10,11)12/h1-3,13H,4H2/q-1. The Morgan fingerprint density at radius 3 is 2.53 bits per heavy atom. The average molecular weight is 224 g/mol. The van der Waals surface area contributed by atoms with E-state index in [1.807, 2.05) is 0 Å². The lowest BCUT2D eigenvalue weighted by molar-refractivity contribution is -0.153. The van der Waals surface area contributed by atoms with Gasteiger partial charge in [-0.15, -0.1) is 0 Å². The maximum Gasteiger partial charge on any atom is 0.422 e. The van der Waals surface area contributed by atoms with E-state index in [1.54, 1.807) is 0 Å². The van der Waals surface area contributed by atoms with E-state index in [2.05, 4.69) is 4.74 Å². The highest BCUT2D eigenvalue weighted by Gasteiger charge is 2.28. The third-order valence-corrected chi connectivity index (χ3v) is 1.44. The van der Waals surface area contributed by atoms with E-state index in [0.29, 0.717) is 6.07 Å². The van der Waals surface area contributed by atoms with Crippen LogP contribution in [0.5, 0.6) is 5.75 Å². The normalized spacial score (nSPS) is 11.3. The smallest absolute Gasteiger partial charge is 0.422 e. The molecule has 0 heterocycles. The minimum Gasteiger partial charge on any atom is -0.761 e. The van der Waals surface area contributed by atoms with E-state index in [-0.39, 0.29) is 5.69 Å². The number of benzene rings is 1. The number of nitrogens with one attached hydrogen (secondary N) is 1. The van der Waals surface area contributed by atoms with Gasteiger partial charge in [0.05, 0.1) is 5.69 Å². The number of hydrogen-bond acceptors (Lipinski definition) is 3. The molecule has 0 radical (unpaired) electrons. The van der Waals surface area contributed by atoms with Crippen molar-refractivity contribution < 1.29 is 22.3 Å². The summed E-state index contributed by atoms with van der Waals surface area (Å²) in [7, 11) is 0. The topological polar surface area (TPSA) is 44.3 Å². The van der Waals surface area contributed by atoms with Crippen molar-refractivity contribution in [1.82, 2.24) is 0 Å². The number of anilines is 1. The second-order valence-corrected chi connectivity index (χ2v) is 2.65.